The van der Waals surface area contributed by atoms with Gasteiger partial charge in [0.25, 0.3) is 0 Å². The van der Waals surface area contributed by atoms with E-state index in [0.29, 0.717) is 11.3 Å². The van der Waals surface area contributed by atoms with E-state index in [-0.39, 0.29) is 0 Å². The van der Waals surface area contributed by atoms with Crippen molar-refractivity contribution in [3.8, 4) is 0 Å². The Morgan fingerprint density at radius 1 is 1.11 bits per heavy atom. The first kappa shape index (κ1) is 12.7. The zero-order valence-corrected chi connectivity index (χ0v) is 12.1. The van der Waals surface area contributed by atoms with Gasteiger partial charge < -0.3 is 5.73 Å². The van der Waals surface area contributed by atoms with Crippen molar-refractivity contribution in [3.63, 3.8) is 0 Å². The largest absolute Gasteiger partial charge is 0.330 e. The molecule has 0 amide bonds. The van der Waals surface area contributed by atoms with E-state index in [0.717, 1.165) is 30.7 Å². The second-order valence-electron chi connectivity index (χ2n) is 7.59. The van der Waals surface area contributed by atoms with E-state index >= 15 is 0 Å². The highest BCUT2D eigenvalue weighted by Crippen LogP contribution is 2.63. The summed E-state index contributed by atoms with van der Waals surface area (Å²) in [5, 5.41) is 0. The summed E-state index contributed by atoms with van der Waals surface area (Å²) in [5.41, 5.74) is 8.09. The summed E-state index contributed by atoms with van der Waals surface area (Å²) in [6.07, 6.45) is 12.7. The molecule has 0 aliphatic heterocycles. The van der Waals surface area contributed by atoms with Gasteiger partial charge in [-0.05, 0) is 80.6 Å². The fraction of sp³-hybridized carbons (Fsp3) is 0.882. The van der Waals surface area contributed by atoms with Gasteiger partial charge in [0.05, 0.1) is 0 Å². The van der Waals surface area contributed by atoms with Gasteiger partial charge in [-0.25, -0.2) is 0 Å². The van der Waals surface area contributed by atoms with Gasteiger partial charge in [0.2, 0.25) is 0 Å². The fourth-order valence-corrected chi connectivity index (χ4v) is 5.77. The minimum Gasteiger partial charge on any atom is -0.330 e. The van der Waals surface area contributed by atoms with Crippen molar-refractivity contribution in [1.29, 1.82) is 0 Å². The second kappa shape index (κ2) is 4.67. The third-order valence-corrected chi connectivity index (χ3v) is 5.80. The summed E-state index contributed by atoms with van der Waals surface area (Å²) < 4.78 is 0. The maximum atomic E-state index is 5.72. The lowest BCUT2D eigenvalue weighted by atomic mass is 9.47. The molecule has 1 nitrogen and oxygen atoms in total. The SMILES string of the molecule is CC(C)/C(=C\CCN)C12CC3CC(CC(C3)C1)C2. The van der Waals surface area contributed by atoms with Crippen LogP contribution in [0.25, 0.3) is 0 Å². The lowest BCUT2D eigenvalue weighted by Crippen LogP contribution is -2.47. The highest BCUT2D eigenvalue weighted by atomic mass is 14.6. The predicted molar refractivity (Wildman–Crippen MR) is 77.2 cm³/mol. The molecule has 4 aliphatic rings. The maximum Gasteiger partial charge on any atom is -0.00425 e. The molecule has 0 radical (unpaired) electrons. The van der Waals surface area contributed by atoms with Crippen LogP contribution in [-0.2, 0) is 0 Å². The van der Waals surface area contributed by atoms with Gasteiger partial charge in [-0.3, -0.25) is 0 Å². The molecule has 0 heterocycles. The van der Waals surface area contributed by atoms with Crippen molar-refractivity contribution in [2.75, 3.05) is 6.54 Å². The van der Waals surface area contributed by atoms with E-state index in [1.807, 2.05) is 0 Å². The van der Waals surface area contributed by atoms with E-state index in [1.54, 1.807) is 24.8 Å². The number of hydrogen-bond donors (Lipinski definition) is 1. The minimum absolute atomic E-state index is 0.595. The summed E-state index contributed by atoms with van der Waals surface area (Å²) >= 11 is 0. The Labute approximate surface area is 112 Å². The quantitative estimate of drug-likeness (QED) is 0.743. The van der Waals surface area contributed by atoms with Gasteiger partial charge >= 0.3 is 0 Å². The molecule has 2 N–H and O–H groups in total. The molecule has 4 rings (SSSR count). The molecule has 0 aromatic heterocycles. The molecule has 4 fully saturated rings. The van der Waals surface area contributed by atoms with Crippen LogP contribution in [0.3, 0.4) is 0 Å². The first-order valence-electron chi connectivity index (χ1n) is 8.03. The molecule has 4 bridgehead atoms. The van der Waals surface area contributed by atoms with Crippen LogP contribution in [0, 0.1) is 29.1 Å². The lowest BCUT2D eigenvalue weighted by Gasteiger charge is -2.58. The molecule has 102 valence electrons. The molecule has 0 aromatic carbocycles. The Morgan fingerprint density at radius 2 is 1.61 bits per heavy atom. The van der Waals surface area contributed by atoms with Gasteiger partial charge in [0, 0.05) is 0 Å². The van der Waals surface area contributed by atoms with Crippen LogP contribution in [0.5, 0.6) is 0 Å². The van der Waals surface area contributed by atoms with Gasteiger partial charge in [-0.15, -0.1) is 0 Å². The average Bonchev–Trinajstić information content (AvgIpc) is 2.26. The van der Waals surface area contributed by atoms with Crippen LogP contribution in [0.1, 0.15) is 58.8 Å². The molecule has 1 heteroatoms. The summed E-state index contributed by atoms with van der Waals surface area (Å²) in [6.45, 7) is 5.59. The molecule has 0 saturated heterocycles. The minimum atomic E-state index is 0.595. The Balaban J connectivity index is 1.88. The highest BCUT2D eigenvalue weighted by molar-refractivity contribution is 5.22. The molecule has 4 aliphatic carbocycles. The summed E-state index contributed by atoms with van der Waals surface area (Å²) in [5.74, 6) is 3.87. The maximum absolute atomic E-state index is 5.72. The molecule has 0 atom stereocenters. The first-order chi connectivity index (χ1) is 8.63. The molecule has 0 unspecified atom stereocenters. The topological polar surface area (TPSA) is 26.0 Å². The monoisotopic (exact) mass is 247 g/mol. The third-order valence-electron chi connectivity index (χ3n) is 5.80. The van der Waals surface area contributed by atoms with E-state index in [4.69, 9.17) is 5.73 Å². The Hall–Kier alpha value is -0.300. The third kappa shape index (κ3) is 2.05. The molecule has 4 saturated carbocycles. The Kier molecular flexibility index (Phi) is 3.30. The summed E-state index contributed by atoms with van der Waals surface area (Å²) in [7, 11) is 0. The molecule has 18 heavy (non-hydrogen) atoms. The zero-order valence-electron chi connectivity index (χ0n) is 12.1. The summed E-state index contributed by atoms with van der Waals surface area (Å²) in [4.78, 5) is 0. The van der Waals surface area contributed by atoms with Gasteiger partial charge in [0.1, 0.15) is 0 Å². The van der Waals surface area contributed by atoms with Crippen LogP contribution in [0.2, 0.25) is 0 Å². The van der Waals surface area contributed by atoms with Gasteiger partial charge in [0.15, 0.2) is 0 Å². The standard InChI is InChI=1S/C17H29N/c1-12(2)16(4-3-5-18)17-9-13-6-14(10-17)8-15(7-13)11-17/h4,12-15H,3,5-11,18H2,1-2H3/b16-4+. The number of hydrogen-bond acceptors (Lipinski definition) is 1. The van der Waals surface area contributed by atoms with Gasteiger partial charge in [-0.1, -0.05) is 25.5 Å². The van der Waals surface area contributed by atoms with Crippen molar-refractivity contribution in [2.45, 2.75) is 58.8 Å². The van der Waals surface area contributed by atoms with Crippen LogP contribution >= 0.6 is 0 Å². The zero-order chi connectivity index (χ0) is 12.8. The predicted octanol–water partition coefficient (Wildman–Crippen LogP) is 4.13. The lowest BCUT2D eigenvalue weighted by molar-refractivity contribution is -0.0347. The van der Waals surface area contributed by atoms with E-state index < -0.39 is 0 Å². The van der Waals surface area contributed by atoms with Crippen LogP contribution in [0.4, 0.5) is 0 Å². The first-order valence-corrected chi connectivity index (χ1v) is 8.03. The number of nitrogens with two attached hydrogens (primary N) is 1. The highest BCUT2D eigenvalue weighted by Gasteiger charge is 2.52. The molecular weight excluding hydrogens is 218 g/mol. The molecule has 0 aromatic rings. The van der Waals surface area contributed by atoms with E-state index in [2.05, 4.69) is 19.9 Å². The smallest absolute Gasteiger partial charge is 0.00425 e. The normalized spacial score (nSPS) is 42.9. The second-order valence-corrected chi connectivity index (χ2v) is 7.59. The van der Waals surface area contributed by atoms with Crippen molar-refractivity contribution in [3.05, 3.63) is 11.6 Å². The van der Waals surface area contributed by atoms with Crippen LogP contribution < -0.4 is 5.73 Å². The van der Waals surface area contributed by atoms with Crippen LogP contribution in [0.15, 0.2) is 11.6 Å². The van der Waals surface area contributed by atoms with Crippen molar-refractivity contribution < 1.29 is 0 Å². The van der Waals surface area contributed by atoms with Crippen molar-refractivity contribution in [2.24, 2.45) is 34.8 Å². The average molecular weight is 247 g/mol. The van der Waals surface area contributed by atoms with E-state index in [9.17, 15) is 0 Å². The van der Waals surface area contributed by atoms with Gasteiger partial charge in [-0.2, -0.15) is 0 Å². The van der Waals surface area contributed by atoms with E-state index in [1.165, 1.54) is 19.3 Å². The molecule has 0 spiro atoms. The number of rotatable bonds is 4. The Morgan fingerprint density at radius 3 is 2.00 bits per heavy atom. The molecular formula is C17H29N. The van der Waals surface area contributed by atoms with Crippen molar-refractivity contribution in [1.82, 2.24) is 0 Å². The fourth-order valence-electron chi connectivity index (χ4n) is 5.77. The summed E-state index contributed by atoms with van der Waals surface area (Å²) in [6, 6.07) is 0. The Bertz CT molecular complexity index is 304. The van der Waals surface area contributed by atoms with Crippen molar-refractivity contribution >= 4 is 0 Å². The number of allylic oxidation sites excluding steroid dienone is 1. The van der Waals surface area contributed by atoms with Crippen LogP contribution in [-0.4, -0.2) is 6.54 Å².